The number of hydrogen-bond donors (Lipinski definition) is 3. The second-order valence-electron chi connectivity index (χ2n) is 8.67. The van der Waals surface area contributed by atoms with E-state index in [1.807, 2.05) is 20.8 Å². The lowest BCUT2D eigenvalue weighted by molar-refractivity contribution is -0.166. The summed E-state index contributed by atoms with van der Waals surface area (Å²) in [5, 5.41) is 31.9. The topological polar surface area (TPSA) is 104 Å². The Morgan fingerprint density at radius 2 is 1.37 bits per heavy atom. The number of aliphatic hydroxyl groups is 3. The largest absolute Gasteiger partial charge is 0.462 e. The summed E-state index contributed by atoms with van der Waals surface area (Å²) in [7, 11) is 0. The van der Waals surface area contributed by atoms with Crippen LogP contribution in [-0.4, -0.2) is 51.5 Å². The second kappa shape index (κ2) is 9.99. The van der Waals surface area contributed by atoms with E-state index < -0.39 is 54.1 Å². The third-order valence-electron chi connectivity index (χ3n) is 6.51. The maximum absolute atomic E-state index is 12.8. The van der Waals surface area contributed by atoms with Crippen molar-refractivity contribution in [2.24, 2.45) is 35.5 Å². The molecule has 1 heterocycles. The van der Waals surface area contributed by atoms with E-state index in [9.17, 15) is 24.9 Å². The third-order valence-corrected chi connectivity index (χ3v) is 6.51. The van der Waals surface area contributed by atoms with Crippen molar-refractivity contribution in [1.82, 2.24) is 0 Å². The van der Waals surface area contributed by atoms with Crippen LogP contribution in [-0.2, 0) is 14.3 Å². The Morgan fingerprint density at radius 1 is 0.852 bits per heavy atom. The highest BCUT2D eigenvalue weighted by Crippen LogP contribution is 2.30. The summed E-state index contributed by atoms with van der Waals surface area (Å²) >= 11 is 0. The monoisotopic (exact) mass is 386 g/mol. The highest BCUT2D eigenvalue weighted by atomic mass is 16.5. The molecular formula is C21H38O6. The molecule has 1 fully saturated rings. The minimum absolute atomic E-state index is 0.0618. The Balaban J connectivity index is 3.23. The molecule has 0 aromatic rings. The van der Waals surface area contributed by atoms with Gasteiger partial charge in [0, 0.05) is 23.7 Å². The van der Waals surface area contributed by atoms with Crippen LogP contribution in [0.2, 0.25) is 0 Å². The molecule has 1 saturated heterocycles. The number of ketones is 1. The molecule has 6 nitrogen and oxygen atoms in total. The van der Waals surface area contributed by atoms with Crippen LogP contribution < -0.4 is 0 Å². The molecule has 1 aliphatic rings. The molecule has 0 aliphatic carbocycles. The Hall–Kier alpha value is -0.980. The number of carbonyl (C=O) groups excluding carboxylic acids is 2. The molecule has 0 saturated carbocycles. The van der Waals surface area contributed by atoms with E-state index in [2.05, 4.69) is 0 Å². The van der Waals surface area contributed by atoms with Crippen LogP contribution in [0.15, 0.2) is 0 Å². The lowest BCUT2D eigenvalue weighted by atomic mass is 9.77. The van der Waals surface area contributed by atoms with E-state index in [1.165, 1.54) is 0 Å². The van der Waals surface area contributed by atoms with Gasteiger partial charge in [0.1, 0.15) is 11.9 Å². The van der Waals surface area contributed by atoms with Gasteiger partial charge in [-0.3, -0.25) is 9.59 Å². The Bertz CT molecular complexity index is 507. The first kappa shape index (κ1) is 24.1. The number of rotatable bonds is 1. The predicted molar refractivity (Wildman–Crippen MR) is 103 cm³/mol. The molecule has 0 spiro atoms. The van der Waals surface area contributed by atoms with Crippen molar-refractivity contribution >= 4 is 11.8 Å². The van der Waals surface area contributed by atoms with Crippen molar-refractivity contribution in [3.05, 3.63) is 0 Å². The summed E-state index contributed by atoms with van der Waals surface area (Å²) in [6.07, 6.45) is -2.43. The predicted octanol–water partition coefficient (Wildman–Crippen LogP) is 2.18. The van der Waals surface area contributed by atoms with Crippen molar-refractivity contribution in [2.45, 2.75) is 85.7 Å². The maximum atomic E-state index is 12.8. The second-order valence-corrected chi connectivity index (χ2v) is 8.67. The number of esters is 1. The van der Waals surface area contributed by atoms with Crippen LogP contribution in [0.25, 0.3) is 0 Å². The normalized spacial score (nSPS) is 45.9. The molecule has 0 amide bonds. The average molecular weight is 387 g/mol. The van der Waals surface area contributed by atoms with Crippen LogP contribution >= 0.6 is 0 Å². The molecule has 1 aliphatic heterocycles. The highest BCUT2D eigenvalue weighted by molar-refractivity contribution is 5.83. The smallest absolute Gasteiger partial charge is 0.311 e. The van der Waals surface area contributed by atoms with Gasteiger partial charge in [0.25, 0.3) is 0 Å². The maximum Gasteiger partial charge on any atom is 0.311 e. The SMILES string of the molecule is CCC1OC(=O)[C@H](C)[C@@H](O)[C@H](C)[C@@H](O)[C@@H](C)C[C@@H](C)C(=O)[C@H](C)[C@@H](O)[C@H]1C. The van der Waals surface area contributed by atoms with Crippen molar-refractivity contribution in [1.29, 1.82) is 0 Å². The average Bonchev–Trinajstić information content (AvgIpc) is 2.66. The molecule has 158 valence electrons. The van der Waals surface area contributed by atoms with E-state index in [-0.39, 0.29) is 17.6 Å². The lowest BCUT2D eigenvalue weighted by Crippen LogP contribution is -2.45. The molecule has 1 rings (SSSR count). The fraction of sp³-hybridized carbons (Fsp3) is 0.905. The molecular weight excluding hydrogens is 348 g/mol. The van der Waals surface area contributed by atoms with E-state index in [4.69, 9.17) is 4.74 Å². The van der Waals surface area contributed by atoms with Crippen LogP contribution in [0.4, 0.5) is 0 Å². The molecule has 1 unspecified atom stereocenters. The zero-order valence-corrected chi connectivity index (χ0v) is 17.8. The summed E-state index contributed by atoms with van der Waals surface area (Å²) < 4.78 is 5.58. The van der Waals surface area contributed by atoms with Crippen LogP contribution in [0, 0.1) is 35.5 Å². The Labute approximate surface area is 163 Å². The Morgan fingerprint density at radius 3 is 1.89 bits per heavy atom. The van der Waals surface area contributed by atoms with Crippen molar-refractivity contribution in [3.8, 4) is 0 Å². The van der Waals surface area contributed by atoms with Gasteiger partial charge in [0.05, 0.1) is 24.2 Å². The van der Waals surface area contributed by atoms with Crippen molar-refractivity contribution in [2.75, 3.05) is 0 Å². The van der Waals surface area contributed by atoms with Crippen LogP contribution in [0.5, 0.6) is 0 Å². The van der Waals surface area contributed by atoms with Gasteiger partial charge in [-0.1, -0.05) is 41.5 Å². The summed E-state index contributed by atoms with van der Waals surface area (Å²) in [5.41, 5.74) is 0. The number of hydrogen-bond acceptors (Lipinski definition) is 6. The van der Waals surface area contributed by atoms with Gasteiger partial charge in [0.15, 0.2) is 0 Å². The van der Waals surface area contributed by atoms with E-state index >= 15 is 0 Å². The number of cyclic esters (lactones) is 1. The first-order chi connectivity index (χ1) is 12.4. The Kier molecular flexibility index (Phi) is 8.90. The minimum Gasteiger partial charge on any atom is -0.462 e. The zero-order valence-electron chi connectivity index (χ0n) is 17.8. The third kappa shape index (κ3) is 5.52. The first-order valence-corrected chi connectivity index (χ1v) is 10.2. The van der Waals surface area contributed by atoms with Gasteiger partial charge >= 0.3 is 5.97 Å². The number of aliphatic hydroxyl groups excluding tert-OH is 3. The van der Waals surface area contributed by atoms with Gasteiger partial charge in [-0.2, -0.15) is 0 Å². The molecule has 6 heteroatoms. The molecule has 3 N–H and O–H groups in total. The molecule has 27 heavy (non-hydrogen) atoms. The van der Waals surface area contributed by atoms with Gasteiger partial charge in [-0.25, -0.2) is 0 Å². The zero-order chi connectivity index (χ0) is 21.0. The van der Waals surface area contributed by atoms with Gasteiger partial charge in [-0.15, -0.1) is 0 Å². The summed E-state index contributed by atoms with van der Waals surface area (Å²) in [6, 6.07) is 0. The number of carbonyl (C=O) groups is 2. The quantitative estimate of drug-likeness (QED) is 0.597. The first-order valence-electron chi connectivity index (χ1n) is 10.2. The number of Topliss-reactive ketones (excluding diaryl/α,β-unsaturated/α-hetero) is 1. The fourth-order valence-electron chi connectivity index (χ4n) is 4.24. The van der Waals surface area contributed by atoms with Gasteiger partial charge in [0.2, 0.25) is 0 Å². The number of ether oxygens (including phenoxy) is 1. The highest BCUT2D eigenvalue weighted by Gasteiger charge is 2.39. The van der Waals surface area contributed by atoms with Crippen LogP contribution in [0.1, 0.15) is 61.3 Å². The van der Waals surface area contributed by atoms with Gasteiger partial charge < -0.3 is 20.1 Å². The summed E-state index contributed by atoms with van der Waals surface area (Å²) in [5.74, 6) is -3.48. The molecule has 0 aromatic carbocycles. The fourth-order valence-corrected chi connectivity index (χ4v) is 4.24. The summed E-state index contributed by atoms with van der Waals surface area (Å²) in [4.78, 5) is 25.3. The van der Waals surface area contributed by atoms with E-state index in [1.54, 1.807) is 27.7 Å². The molecule has 0 aromatic heterocycles. The van der Waals surface area contributed by atoms with Crippen molar-refractivity contribution in [3.63, 3.8) is 0 Å². The van der Waals surface area contributed by atoms with E-state index in [0.29, 0.717) is 12.8 Å². The standard InChI is InChI=1S/C21H38O6/c1-8-16-12(4)19(24)13(5)17(22)10(2)9-11(3)18(23)14(6)20(25)15(7)21(26)27-16/h10-16,18-20,23-25H,8-9H2,1-7H3/t10-,11+,12+,13+,14-,15-,16?,18+,19+,20+/m1/s1. The lowest BCUT2D eigenvalue weighted by Gasteiger charge is -2.35. The molecule has 0 radical (unpaired) electrons. The summed E-state index contributed by atoms with van der Waals surface area (Å²) in [6.45, 7) is 12.3. The molecule has 0 bridgehead atoms. The molecule has 10 atom stereocenters. The van der Waals surface area contributed by atoms with Crippen LogP contribution in [0.3, 0.4) is 0 Å². The van der Waals surface area contributed by atoms with E-state index in [0.717, 1.165) is 0 Å². The van der Waals surface area contributed by atoms with Crippen molar-refractivity contribution < 1.29 is 29.6 Å². The van der Waals surface area contributed by atoms with Gasteiger partial charge in [-0.05, 0) is 25.7 Å². The minimum atomic E-state index is -1.06.